The van der Waals surface area contributed by atoms with Gasteiger partial charge in [0.15, 0.2) is 0 Å². The van der Waals surface area contributed by atoms with Crippen molar-refractivity contribution in [3.05, 3.63) is 66.6 Å². The van der Waals surface area contributed by atoms with Crippen LogP contribution in [0.5, 0.6) is 0 Å². The predicted octanol–water partition coefficient (Wildman–Crippen LogP) is 5.78. The van der Waals surface area contributed by atoms with Crippen molar-refractivity contribution in [3.8, 4) is 0 Å². The predicted molar refractivity (Wildman–Crippen MR) is 88.2 cm³/mol. The van der Waals surface area contributed by atoms with Crippen molar-refractivity contribution < 1.29 is 0 Å². The minimum Gasteiger partial charge on any atom is -0.0956 e. The Labute approximate surface area is 120 Å². The Bertz CT molecular complexity index is 396. The standard InChI is InChI=1S/C17H23.C2H6/c1-13(2)10-11-14(3)16(5)12-17-9-7-6-8-15(17)4;1-2/h6-11,13,16H,1,3,12H2,2,4-5H3;1-2H3/b11-10-;. The molecule has 0 amide bonds. The second kappa shape index (κ2) is 9.61. The summed E-state index contributed by atoms with van der Waals surface area (Å²) in [5.41, 5.74) is 3.96. The summed E-state index contributed by atoms with van der Waals surface area (Å²) >= 11 is 0. The lowest BCUT2D eigenvalue weighted by molar-refractivity contribution is 0.692. The largest absolute Gasteiger partial charge is 0.0956 e. The van der Waals surface area contributed by atoms with E-state index in [9.17, 15) is 0 Å². The number of aryl methyl sites for hydroxylation is 1. The molecule has 0 heterocycles. The summed E-state index contributed by atoms with van der Waals surface area (Å²) in [5, 5.41) is 0. The lowest BCUT2D eigenvalue weighted by atomic mass is 9.92. The van der Waals surface area contributed by atoms with Crippen LogP contribution in [0.4, 0.5) is 0 Å². The molecule has 0 aliphatic rings. The second-order valence-electron chi connectivity index (χ2n) is 4.94. The van der Waals surface area contributed by atoms with Crippen molar-refractivity contribution >= 4 is 0 Å². The second-order valence-corrected chi connectivity index (χ2v) is 4.94. The SMILES string of the molecule is CC.[CH2]C(C)/C=C\C(=C)C(C)Cc1ccccc1C. The molecule has 0 bridgehead atoms. The molecule has 1 aromatic carbocycles. The van der Waals surface area contributed by atoms with E-state index in [1.165, 1.54) is 16.7 Å². The van der Waals surface area contributed by atoms with Crippen molar-refractivity contribution in [2.24, 2.45) is 11.8 Å². The van der Waals surface area contributed by atoms with Gasteiger partial charge in [-0.15, -0.1) is 0 Å². The molecule has 1 rings (SSSR count). The Kier molecular flexibility index (Phi) is 8.95. The molecule has 0 saturated heterocycles. The molecule has 0 spiro atoms. The minimum atomic E-state index is 0.345. The zero-order valence-electron chi connectivity index (χ0n) is 13.2. The first kappa shape index (κ1) is 17.7. The van der Waals surface area contributed by atoms with Crippen LogP contribution >= 0.6 is 0 Å². The van der Waals surface area contributed by atoms with Crippen molar-refractivity contribution in [2.75, 3.05) is 0 Å². The Morgan fingerprint density at radius 3 is 2.32 bits per heavy atom. The third kappa shape index (κ3) is 7.00. The van der Waals surface area contributed by atoms with Crippen LogP contribution < -0.4 is 0 Å². The highest BCUT2D eigenvalue weighted by atomic mass is 14.1. The van der Waals surface area contributed by atoms with Gasteiger partial charge in [-0.3, -0.25) is 0 Å². The van der Waals surface area contributed by atoms with Gasteiger partial charge >= 0.3 is 0 Å². The van der Waals surface area contributed by atoms with Gasteiger partial charge in [0.2, 0.25) is 0 Å². The topological polar surface area (TPSA) is 0 Å². The van der Waals surface area contributed by atoms with Gasteiger partial charge < -0.3 is 0 Å². The van der Waals surface area contributed by atoms with E-state index in [2.05, 4.69) is 70.7 Å². The van der Waals surface area contributed by atoms with Gasteiger partial charge in [0.1, 0.15) is 0 Å². The first-order valence-corrected chi connectivity index (χ1v) is 7.25. The van der Waals surface area contributed by atoms with Crippen LogP contribution in [-0.4, -0.2) is 0 Å². The van der Waals surface area contributed by atoms with Gasteiger partial charge in [0.05, 0.1) is 0 Å². The molecule has 1 radical (unpaired) electrons. The molecule has 105 valence electrons. The molecular weight excluding hydrogens is 228 g/mol. The first-order chi connectivity index (χ1) is 9.00. The third-order valence-electron chi connectivity index (χ3n) is 3.06. The summed E-state index contributed by atoms with van der Waals surface area (Å²) in [5.74, 6) is 0.823. The maximum absolute atomic E-state index is 4.14. The molecule has 0 aromatic heterocycles. The lowest BCUT2D eigenvalue weighted by Crippen LogP contribution is -2.03. The van der Waals surface area contributed by atoms with E-state index in [1.807, 2.05) is 13.8 Å². The van der Waals surface area contributed by atoms with Gasteiger partial charge in [-0.05, 0) is 43.2 Å². The molecular formula is C19H29. The molecule has 2 unspecified atom stereocenters. The van der Waals surface area contributed by atoms with Crippen LogP contribution in [0.25, 0.3) is 0 Å². The average Bonchev–Trinajstić information content (AvgIpc) is 2.40. The monoisotopic (exact) mass is 257 g/mol. The summed E-state index contributed by atoms with van der Waals surface area (Å²) in [6.45, 7) is 18.6. The molecule has 0 fully saturated rings. The van der Waals surface area contributed by atoms with Gasteiger partial charge in [-0.2, -0.15) is 0 Å². The Balaban J connectivity index is 0.00000154. The van der Waals surface area contributed by atoms with Crippen LogP contribution in [0.15, 0.2) is 48.6 Å². The zero-order chi connectivity index (χ0) is 14.8. The summed E-state index contributed by atoms with van der Waals surface area (Å²) in [6.07, 6.45) is 5.28. The molecule has 0 N–H and O–H groups in total. The molecule has 0 heteroatoms. The van der Waals surface area contributed by atoms with Crippen molar-refractivity contribution in [1.29, 1.82) is 0 Å². The number of rotatable bonds is 5. The summed E-state index contributed by atoms with van der Waals surface area (Å²) in [7, 11) is 0. The Morgan fingerprint density at radius 1 is 1.21 bits per heavy atom. The van der Waals surface area contributed by atoms with Gasteiger partial charge in [0.25, 0.3) is 0 Å². The van der Waals surface area contributed by atoms with E-state index in [1.54, 1.807) is 0 Å². The lowest BCUT2D eigenvalue weighted by Gasteiger charge is -2.14. The fraction of sp³-hybridized carbons (Fsp3) is 0.421. The number of allylic oxidation sites excluding steroid dienone is 3. The number of hydrogen-bond acceptors (Lipinski definition) is 0. The summed E-state index contributed by atoms with van der Waals surface area (Å²) in [6, 6.07) is 8.56. The molecule has 19 heavy (non-hydrogen) atoms. The Hall–Kier alpha value is -1.30. The highest BCUT2D eigenvalue weighted by Gasteiger charge is 2.07. The van der Waals surface area contributed by atoms with E-state index in [-0.39, 0.29) is 0 Å². The molecule has 1 aromatic rings. The van der Waals surface area contributed by atoms with Crippen molar-refractivity contribution in [1.82, 2.24) is 0 Å². The van der Waals surface area contributed by atoms with Gasteiger partial charge in [-0.1, -0.05) is 76.3 Å². The van der Waals surface area contributed by atoms with E-state index in [0.717, 1.165) is 6.42 Å². The van der Waals surface area contributed by atoms with Crippen LogP contribution in [0.1, 0.15) is 38.8 Å². The normalized spacial score (nSPS) is 12.2. The number of hydrogen-bond donors (Lipinski definition) is 0. The first-order valence-electron chi connectivity index (χ1n) is 7.25. The average molecular weight is 257 g/mol. The molecule has 2 atom stereocenters. The van der Waals surface area contributed by atoms with Crippen LogP contribution in [0.2, 0.25) is 0 Å². The van der Waals surface area contributed by atoms with Crippen molar-refractivity contribution in [3.63, 3.8) is 0 Å². The summed E-state index contributed by atoms with van der Waals surface area (Å²) in [4.78, 5) is 0. The minimum absolute atomic E-state index is 0.345. The summed E-state index contributed by atoms with van der Waals surface area (Å²) < 4.78 is 0. The zero-order valence-corrected chi connectivity index (χ0v) is 13.2. The van der Waals surface area contributed by atoms with Crippen LogP contribution in [-0.2, 0) is 6.42 Å². The van der Waals surface area contributed by atoms with E-state index >= 15 is 0 Å². The Morgan fingerprint density at radius 2 is 1.79 bits per heavy atom. The quantitative estimate of drug-likeness (QED) is 0.586. The molecule has 0 aliphatic heterocycles. The fourth-order valence-corrected chi connectivity index (χ4v) is 1.75. The fourth-order valence-electron chi connectivity index (χ4n) is 1.75. The highest BCUT2D eigenvalue weighted by molar-refractivity contribution is 5.28. The molecule has 0 aliphatic carbocycles. The maximum atomic E-state index is 4.14. The maximum Gasteiger partial charge on any atom is -0.0156 e. The van der Waals surface area contributed by atoms with E-state index in [4.69, 9.17) is 0 Å². The highest BCUT2D eigenvalue weighted by Crippen LogP contribution is 2.19. The molecule has 0 nitrogen and oxygen atoms in total. The third-order valence-corrected chi connectivity index (χ3v) is 3.06. The van der Waals surface area contributed by atoms with Gasteiger partial charge in [0, 0.05) is 0 Å². The van der Waals surface area contributed by atoms with Crippen molar-refractivity contribution in [2.45, 2.75) is 41.0 Å². The molecule has 0 saturated carbocycles. The smallest absolute Gasteiger partial charge is 0.0156 e. The van der Waals surface area contributed by atoms with E-state index < -0.39 is 0 Å². The van der Waals surface area contributed by atoms with Crippen LogP contribution in [0.3, 0.4) is 0 Å². The number of benzene rings is 1. The van der Waals surface area contributed by atoms with Gasteiger partial charge in [-0.25, -0.2) is 0 Å². The van der Waals surface area contributed by atoms with Crippen LogP contribution in [0, 0.1) is 25.7 Å². The van der Waals surface area contributed by atoms with E-state index in [0.29, 0.717) is 11.8 Å².